The number of aliphatic hydroxyl groups excluding tert-OH is 1. The van der Waals surface area contributed by atoms with Crippen LogP contribution in [0.1, 0.15) is 56.6 Å². The Bertz CT molecular complexity index is 2060. The molecule has 0 saturated carbocycles. The molecule has 1 fully saturated rings. The third kappa shape index (κ3) is 15.0. The van der Waals surface area contributed by atoms with Crippen LogP contribution in [0, 0.1) is 0 Å². The van der Waals surface area contributed by atoms with Crippen molar-refractivity contribution in [3.05, 3.63) is 60.4 Å². The highest BCUT2D eigenvalue weighted by atomic mass is 16.7. The van der Waals surface area contributed by atoms with E-state index in [4.69, 9.17) is 40.3 Å². The number of esters is 1. The number of carbonyl (C=O) groups excluding carboxylic acids is 5. The van der Waals surface area contributed by atoms with Crippen LogP contribution in [0.15, 0.2) is 64.0 Å². The van der Waals surface area contributed by atoms with Gasteiger partial charge in [0, 0.05) is 26.2 Å². The lowest BCUT2D eigenvalue weighted by Gasteiger charge is -2.20. The number of aliphatic hydroxyl groups is 1. The van der Waals surface area contributed by atoms with Gasteiger partial charge in [0.05, 0.1) is 43.5 Å². The Morgan fingerprint density at radius 2 is 1.59 bits per heavy atom. The highest BCUT2D eigenvalue weighted by molar-refractivity contribution is 5.96. The number of carbonyl (C=O) groups is 7. The number of nitrogens with zero attached hydrogens (tertiary/aromatic N) is 1. The van der Waals surface area contributed by atoms with E-state index in [0.717, 1.165) is 24.0 Å². The molecular weight excluding hydrogens is 802 g/mol. The van der Waals surface area contributed by atoms with E-state index < -0.39 is 92.4 Å². The van der Waals surface area contributed by atoms with E-state index in [0.29, 0.717) is 35.7 Å². The third-order valence-corrected chi connectivity index (χ3v) is 9.32. The Morgan fingerprint density at radius 1 is 0.869 bits per heavy atom. The molecule has 21 heteroatoms. The first kappa shape index (κ1) is 46.8. The molecule has 2 aromatic carbocycles. The van der Waals surface area contributed by atoms with Crippen molar-refractivity contribution in [3.8, 4) is 16.9 Å². The molecule has 1 saturated heterocycles. The van der Waals surface area contributed by atoms with Gasteiger partial charge in [-0.15, -0.1) is 0 Å². The predicted octanol–water partition coefficient (Wildman–Crippen LogP) is 0.110. The van der Waals surface area contributed by atoms with Gasteiger partial charge in [-0.1, -0.05) is 36.4 Å². The summed E-state index contributed by atoms with van der Waals surface area (Å²) in [5, 5.41) is 36.8. The second-order valence-corrected chi connectivity index (χ2v) is 13.8. The molecule has 3 unspecified atom stereocenters. The summed E-state index contributed by atoms with van der Waals surface area (Å²) < 4.78 is 23.3. The molecule has 0 aliphatic carbocycles. The van der Waals surface area contributed by atoms with E-state index in [1.54, 1.807) is 6.07 Å². The summed E-state index contributed by atoms with van der Waals surface area (Å²) in [4.78, 5) is 90.2. The summed E-state index contributed by atoms with van der Waals surface area (Å²) in [6, 6.07) is 12.4. The van der Waals surface area contributed by atoms with Crippen molar-refractivity contribution in [3.63, 3.8) is 0 Å². The van der Waals surface area contributed by atoms with Crippen molar-refractivity contribution in [2.24, 2.45) is 16.5 Å². The Balaban J connectivity index is 1.34. The number of rotatable bonds is 23. The first-order valence-electron chi connectivity index (χ1n) is 19.3. The minimum atomic E-state index is -1.77. The molecule has 3 atom stereocenters. The van der Waals surface area contributed by atoms with Gasteiger partial charge in [-0.05, 0) is 43.4 Å². The lowest BCUT2D eigenvalue weighted by Crippen LogP contribution is -2.55. The first-order chi connectivity index (χ1) is 29.2. The maximum absolute atomic E-state index is 13.1. The number of fused-ring (bicyclic) bond motifs is 1. The van der Waals surface area contributed by atoms with Crippen LogP contribution in [0.3, 0.4) is 0 Å². The van der Waals surface area contributed by atoms with E-state index >= 15 is 0 Å². The molecule has 1 aromatic heterocycles. The van der Waals surface area contributed by atoms with E-state index in [-0.39, 0.29) is 37.7 Å². The number of guanidine groups is 1. The van der Waals surface area contributed by atoms with E-state index in [1.165, 1.54) is 0 Å². The van der Waals surface area contributed by atoms with Crippen LogP contribution in [0.2, 0.25) is 0 Å². The number of hydrogen-bond donors (Lipinski definition) is 9. The van der Waals surface area contributed by atoms with Crippen LogP contribution < -0.4 is 37.5 Å². The van der Waals surface area contributed by atoms with Gasteiger partial charge in [0.1, 0.15) is 29.3 Å². The molecule has 11 N–H and O–H groups in total. The normalized spacial score (nSPS) is 14.0. The van der Waals surface area contributed by atoms with E-state index in [2.05, 4.69) is 20.9 Å². The molecular formula is C40H50N7O14+. The second kappa shape index (κ2) is 23.7. The second-order valence-electron chi connectivity index (χ2n) is 13.8. The largest absolute Gasteiger partial charge is 0.481 e. The molecule has 61 heavy (non-hydrogen) atoms. The number of carboxylic acid groups (broad SMARTS) is 2. The molecule has 3 aromatic rings. The Labute approximate surface area is 349 Å². The third-order valence-electron chi connectivity index (χ3n) is 9.32. The van der Waals surface area contributed by atoms with Crippen LogP contribution in [0.5, 0.6) is 5.75 Å². The molecule has 4 rings (SSSR count). The zero-order valence-electron chi connectivity index (χ0n) is 33.1. The Morgan fingerprint density at radius 3 is 2.26 bits per heavy atom. The number of hydrogen-bond acceptors (Lipinski definition) is 12. The van der Waals surface area contributed by atoms with Gasteiger partial charge < -0.3 is 62.3 Å². The molecule has 328 valence electrons. The zero-order chi connectivity index (χ0) is 44.3. The van der Waals surface area contributed by atoms with Crippen LogP contribution in [0.4, 0.5) is 0 Å². The Hall–Kier alpha value is -6.87. The zero-order valence-corrected chi connectivity index (χ0v) is 33.1. The number of aliphatic imine (C=N–C) groups is 1. The van der Waals surface area contributed by atoms with Crippen LogP contribution in [-0.2, 0) is 43.0 Å². The number of aliphatic carboxylic acids is 2. The molecule has 0 spiro atoms. The summed E-state index contributed by atoms with van der Waals surface area (Å²) in [6.07, 6.45) is -0.0381. The quantitative estimate of drug-likeness (QED) is 0.0153. The van der Waals surface area contributed by atoms with Crippen molar-refractivity contribution >= 4 is 58.5 Å². The van der Waals surface area contributed by atoms with Crippen molar-refractivity contribution in [1.82, 2.24) is 21.3 Å². The maximum Gasteiger partial charge on any atom is 0.371 e. The lowest BCUT2D eigenvalue weighted by molar-refractivity contribution is -0.151. The fraction of sp³-hybridized carbons (Fsp3) is 0.425. The average molecular weight is 853 g/mol. The fourth-order valence-corrected chi connectivity index (χ4v) is 6.21. The summed E-state index contributed by atoms with van der Waals surface area (Å²) in [7, 11) is 0. The van der Waals surface area contributed by atoms with Crippen LogP contribution in [-0.4, -0.2) is 121 Å². The fourth-order valence-electron chi connectivity index (χ4n) is 6.21. The molecule has 0 bridgehead atoms. The van der Waals surface area contributed by atoms with Crippen molar-refractivity contribution < 1.29 is 67.5 Å². The molecule has 1 aliphatic rings. The number of amides is 4. The molecule has 4 amide bonds. The SMILES string of the molecule is NC(N)=NCCCC(NC(=O)CCC(=O)OCOc1cc(C2CCOCC2)[o+]c2c(-c3ccccc3)cccc12)C(=O)NCC(=O)NC(CC(=O)O)C(=O)NC(CO)C(=O)O. The average Bonchev–Trinajstić information content (AvgIpc) is 3.24. The standard InChI is InChI=1S/C40H49N7O14/c41-40(42)43-15-5-10-27(37(54)44-20-33(50)46-28(18-34(51)52)38(55)47-29(21-48)39(56)57)45-32(49)11-12-35(53)60-22-59-31-19-30(24-13-16-58-17-14-24)61-36-25(8-4-9-26(31)36)23-6-2-1-3-7-23/h1-4,6-9,19,24,27-29,48H,5,10-18,20-22H2,(H9-,41,42,43,44,45,46,47,49,50,51,52,54,55,56,57)/p+1. The summed E-state index contributed by atoms with van der Waals surface area (Å²) in [6.45, 7) is -1.01. The topological polar surface area (TPSA) is 332 Å². The minimum Gasteiger partial charge on any atom is -0.481 e. The van der Waals surface area contributed by atoms with Gasteiger partial charge >= 0.3 is 29.3 Å². The molecule has 1 aliphatic heterocycles. The van der Waals surface area contributed by atoms with Crippen molar-refractivity contribution in [2.75, 3.05) is 39.7 Å². The maximum atomic E-state index is 13.1. The first-order valence-corrected chi connectivity index (χ1v) is 19.3. The summed E-state index contributed by atoms with van der Waals surface area (Å²) in [5.41, 5.74) is 13.1. The number of nitrogens with one attached hydrogen (secondary N) is 4. The minimum absolute atomic E-state index is 0.0186. The van der Waals surface area contributed by atoms with Gasteiger partial charge in [-0.3, -0.25) is 33.8 Å². The summed E-state index contributed by atoms with van der Waals surface area (Å²) >= 11 is 0. The van der Waals surface area contributed by atoms with Gasteiger partial charge in [0.25, 0.3) is 0 Å². The highest BCUT2D eigenvalue weighted by Crippen LogP contribution is 2.39. The summed E-state index contributed by atoms with van der Waals surface area (Å²) in [5.74, 6) is -6.68. The lowest BCUT2D eigenvalue weighted by atomic mass is 9.96. The van der Waals surface area contributed by atoms with Gasteiger partial charge in [0.15, 0.2) is 5.96 Å². The number of para-hydroxylation sites is 1. The van der Waals surface area contributed by atoms with Gasteiger partial charge in [-0.25, -0.2) is 9.21 Å². The van der Waals surface area contributed by atoms with E-state index in [1.807, 2.05) is 53.8 Å². The van der Waals surface area contributed by atoms with Crippen molar-refractivity contribution in [1.29, 1.82) is 0 Å². The predicted molar refractivity (Wildman–Crippen MR) is 215 cm³/mol. The van der Waals surface area contributed by atoms with Gasteiger partial charge in [-0.2, -0.15) is 0 Å². The Kier molecular flexibility index (Phi) is 18.2. The van der Waals surface area contributed by atoms with Crippen LogP contribution in [0.25, 0.3) is 22.1 Å². The molecule has 0 radical (unpaired) electrons. The van der Waals surface area contributed by atoms with Gasteiger partial charge in [0.2, 0.25) is 30.4 Å². The highest BCUT2D eigenvalue weighted by Gasteiger charge is 2.31. The smallest absolute Gasteiger partial charge is 0.371 e. The number of benzene rings is 2. The monoisotopic (exact) mass is 852 g/mol. The van der Waals surface area contributed by atoms with E-state index in [9.17, 15) is 38.7 Å². The molecule has 21 nitrogen and oxygen atoms in total. The van der Waals surface area contributed by atoms with Crippen LogP contribution >= 0.6 is 0 Å². The number of carboxylic acids is 2. The number of nitrogens with two attached hydrogens (primary N) is 2. The molecule has 2 heterocycles. The number of ether oxygens (including phenoxy) is 3. The van der Waals surface area contributed by atoms with Crippen molar-refractivity contribution in [2.45, 2.75) is 69.0 Å².